The monoisotopic (exact) mass is 732 g/mol. The fourth-order valence-electron chi connectivity index (χ4n) is 9.21. The zero-order valence-corrected chi connectivity index (χ0v) is 33.2. The fraction of sp³-hybridized carbons (Fsp3) is 0.842. The maximum atomic E-state index is 13.8. The Kier molecular flexibility index (Phi) is 12.2. The maximum Gasteiger partial charge on any atom is 0.326 e. The smallest absolute Gasteiger partial charge is 0.326 e. The molecule has 14 nitrogen and oxygen atoms in total. The number of nitrogens with one attached hydrogen (secondary N) is 4. The lowest BCUT2D eigenvalue weighted by Crippen LogP contribution is -2.74. The lowest BCUT2D eigenvalue weighted by Gasteiger charge is -2.56. The van der Waals surface area contributed by atoms with Crippen molar-refractivity contribution in [1.82, 2.24) is 31.1 Å². The van der Waals surface area contributed by atoms with E-state index in [1.165, 1.54) is 0 Å². The van der Waals surface area contributed by atoms with Gasteiger partial charge in [-0.25, -0.2) is 9.59 Å². The van der Waals surface area contributed by atoms with E-state index in [4.69, 9.17) is 9.47 Å². The van der Waals surface area contributed by atoms with Gasteiger partial charge in [0.15, 0.2) is 0 Å². The Labute approximate surface area is 309 Å². The van der Waals surface area contributed by atoms with E-state index in [1.54, 1.807) is 0 Å². The molecule has 0 aromatic heterocycles. The number of esters is 2. The van der Waals surface area contributed by atoms with Gasteiger partial charge in [-0.15, -0.1) is 0 Å². The van der Waals surface area contributed by atoms with Crippen LogP contribution in [0.25, 0.3) is 0 Å². The van der Waals surface area contributed by atoms with E-state index >= 15 is 0 Å². The molecule has 4 saturated heterocycles. The summed E-state index contributed by atoms with van der Waals surface area (Å²) in [5.74, 6) is -2.46. The van der Waals surface area contributed by atoms with E-state index in [-0.39, 0.29) is 59.0 Å². The molecule has 0 aromatic rings. The van der Waals surface area contributed by atoms with Gasteiger partial charge in [0.2, 0.25) is 0 Å². The van der Waals surface area contributed by atoms with Gasteiger partial charge >= 0.3 is 24.0 Å². The number of rotatable bonds is 15. The van der Waals surface area contributed by atoms with E-state index in [1.807, 2.05) is 13.8 Å². The minimum atomic E-state index is -1.10. The second-order valence-corrected chi connectivity index (χ2v) is 16.9. The highest BCUT2D eigenvalue weighted by Gasteiger charge is 2.65. The maximum absolute atomic E-state index is 13.8. The number of ether oxygens (including phenoxy) is 2. The lowest BCUT2D eigenvalue weighted by atomic mass is 9.61. The quantitative estimate of drug-likeness (QED) is 0.109. The van der Waals surface area contributed by atoms with Crippen LogP contribution in [-0.4, -0.2) is 105 Å². The molecule has 294 valence electrons. The van der Waals surface area contributed by atoms with Crippen LogP contribution in [0.2, 0.25) is 0 Å². The van der Waals surface area contributed by atoms with Crippen LogP contribution in [0.15, 0.2) is 0 Å². The normalized spacial score (nSPS) is 37.5. The Hall–Kier alpha value is -3.26. The molecule has 4 rings (SSSR count). The molecule has 6 amide bonds. The highest BCUT2D eigenvalue weighted by molar-refractivity contribution is 6.10. The van der Waals surface area contributed by atoms with Crippen molar-refractivity contribution < 1.29 is 38.2 Å². The minimum Gasteiger partial charge on any atom is -0.464 e. The third kappa shape index (κ3) is 7.56. The number of piperidine rings is 2. The van der Waals surface area contributed by atoms with Gasteiger partial charge in [-0.1, -0.05) is 41.5 Å². The number of carbonyl (C=O) groups is 6. The second kappa shape index (κ2) is 15.2. The molecule has 4 N–H and O–H groups in total. The summed E-state index contributed by atoms with van der Waals surface area (Å²) in [6, 6.07) is -1.15. The third-order valence-corrected chi connectivity index (χ3v) is 13.5. The molecule has 14 heteroatoms. The van der Waals surface area contributed by atoms with Crippen LogP contribution >= 0.6 is 0 Å². The molecule has 0 aromatic carbocycles. The van der Waals surface area contributed by atoms with Crippen molar-refractivity contribution >= 4 is 35.8 Å². The van der Waals surface area contributed by atoms with Crippen molar-refractivity contribution in [3.8, 4) is 0 Å². The summed E-state index contributed by atoms with van der Waals surface area (Å²) >= 11 is 0. The average molecular weight is 733 g/mol. The standard InChI is InChI=1S/C38H64N6O8/c1-11-33(7)23-37(25(5)35(9,13-3)41-33)29(47)43(31(49)39-37)21-27(45)51-19-17-15-16-18-20-52-28(46)22-44-30(48)38(40-32(44)50)24-34(8,12-2)42-36(10,14-4)26(38)6/h25-26,41-42H,11-24H2,1-10H3,(H,39,49)(H,40,50). The molecule has 52 heavy (non-hydrogen) atoms. The molecule has 2 spiro atoms. The van der Waals surface area contributed by atoms with Crippen LogP contribution in [-0.2, 0) is 28.7 Å². The third-order valence-electron chi connectivity index (χ3n) is 13.5. The van der Waals surface area contributed by atoms with Gasteiger partial charge in [0.25, 0.3) is 11.8 Å². The van der Waals surface area contributed by atoms with Gasteiger partial charge in [0, 0.05) is 34.0 Å². The first-order valence-electron chi connectivity index (χ1n) is 19.4. The molecule has 8 unspecified atom stereocenters. The molecular weight excluding hydrogens is 668 g/mol. The predicted molar refractivity (Wildman–Crippen MR) is 195 cm³/mol. The Balaban J connectivity index is 1.17. The van der Waals surface area contributed by atoms with Crippen LogP contribution in [0.3, 0.4) is 0 Å². The van der Waals surface area contributed by atoms with Crippen molar-refractivity contribution in [1.29, 1.82) is 0 Å². The van der Waals surface area contributed by atoms with E-state index in [2.05, 4.69) is 76.7 Å². The van der Waals surface area contributed by atoms with Crippen LogP contribution in [0, 0.1) is 11.8 Å². The molecule has 0 aliphatic carbocycles. The van der Waals surface area contributed by atoms with Crippen molar-refractivity contribution in [2.75, 3.05) is 26.3 Å². The molecule has 4 fully saturated rings. The average Bonchev–Trinajstić information content (AvgIpc) is 3.46. The summed E-state index contributed by atoms with van der Waals surface area (Å²) in [5, 5.41) is 13.4. The van der Waals surface area contributed by atoms with Crippen LogP contribution in [0.4, 0.5) is 9.59 Å². The summed E-state index contributed by atoms with van der Waals surface area (Å²) in [5.41, 5.74) is -3.68. The molecule has 4 aliphatic heterocycles. The highest BCUT2D eigenvalue weighted by atomic mass is 16.5. The van der Waals surface area contributed by atoms with Crippen LogP contribution < -0.4 is 21.3 Å². The SMILES string of the molecule is CCC1(C)CC2(NC(=O)N(CC(=O)OCCCCCCOC(=O)CN3C(=O)NC4(CC(C)(CC)NC(C)(CC)C4C)C3=O)C2=O)C(C)C(C)(CC)N1. The summed E-state index contributed by atoms with van der Waals surface area (Å²) < 4.78 is 10.7. The van der Waals surface area contributed by atoms with Crippen molar-refractivity contribution in [3.05, 3.63) is 0 Å². The zero-order valence-electron chi connectivity index (χ0n) is 33.2. The van der Waals surface area contributed by atoms with E-state index in [0.29, 0.717) is 38.5 Å². The van der Waals surface area contributed by atoms with Gasteiger partial charge in [-0.05, 0) is 91.9 Å². The summed E-state index contributed by atoms with van der Waals surface area (Å²) in [7, 11) is 0. The molecule has 4 aliphatic rings. The molecular formula is C38H64N6O8. The zero-order chi connectivity index (χ0) is 38.9. The number of carbonyl (C=O) groups excluding carboxylic acids is 6. The van der Waals surface area contributed by atoms with Gasteiger partial charge < -0.3 is 30.7 Å². The van der Waals surface area contributed by atoms with Gasteiger partial charge in [-0.2, -0.15) is 0 Å². The molecule has 0 radical (unpaired) electrons. The predicted octanol–water partition coefficient (Wildman–Crippen LogP) is 4.15. The van der Waals surface area contributed by atoms with Gasteiger partial charge in [0.1, 0.15) is 24.2 Å². The van der Waals surface area contributed by atoms with E-state index < -0.39 is 48.2 Å². The van der Waals surface area contributed by atoms with Crippen molar-refractivity contribution in [3.63, 3.8) is 0 Å². The first-order chi connectivity index (χ1) is 24.2. The first kappa shape index (κ1) is 41.5. The number of hydrogen-bond donors (Lipinski definition) is 4. The second-order valence-electron chi connectivity index (χ2n) is 16.9. The van der Waals surface area contributed by atoms with Crippen molar-refractivity contribution in [2.24, 2.45) is 11.8 Å². The molecule has 8 atom stereocenters. The molecule has 0 saturated carbocycles. The number of urea groups is 2. The fourth-order valence-corrected chi connectivity index (χ4v) is 9.21. The van der Waals surface area contributed by atoms with Crippen molar-refractivity contribution in [2.45, 2.75) is 167 Å². The first-order valence-corrected chi connectivity index (χ1v) is 19.4. The largest absolute Gasteiger partial charge is 0.464 e. The topological polar surface area (TPSA) is 175 Å². The Morgan fingerprint density at radius 3 is 1.27 bits per heavy atom. The summed E-state index contributed by atoms with van der Waals surface area (Å²) in [4.78, 5) is 81.0. The Morgan fingerprint density at radius 1 is 0.615 bits per heavy atom. The summed E-state index contributed by atoms with van der Waals surface area (Å²) in [6.45, 7) is 19.9. The Bertz CT molecular complexity index is 1320. The van der Waals surface area contributed by atoms with Crippen LogP contribution in [0.1, 0.15) is 133 Å². The number of amides is 6. The number of hydrogen-bond acceptors (Lipinski definition) is 10. The molecule has 4 heterocycles. The van der Waals surface area contributed by atoms with E-state index in [9.17, 15) is 28.8 Å². The molecule has 0 bridgehead atoms. The van der Waals surface area contributed by atoms with E-state index in [0.717, 1.165) is 35.5 Å². The summed E-state index contributed by atoms with van der Waals surface area (Å²) in [6.07, 6.45) is 6.46. The number of unbranched alkanes of at least 4 members (excludes halogenated alkanes) is 3. The van der Waals surface area contributed by atoms with Gasteiger partial charge in [-0.3, -0.25) is 29.0 Å². The number of imide groups is 2. The minimum absolute atomic E-state index is 0.131. The highest BCUT2D eigenvalue weighted by Crippen LogP contribution is 2.47. The lowest BCUT2D eigenvalue weighted by molar-refractivity contribution is -0.150. The van der Waals surface area contributed by atoms with Gasteiger partial charge in [0.05, 0.1) is 13.2 Å². The number of nitrogens with zero attached hydrogens (tertiary/aromatic N) is 2. The van der Waals surface area contributed by atoms with Crippen LogP contribution in [0.5, 0.6) is 0 Å². The Morgan fingerprint density at radius 2 is 0.962 bits per heavy atom.